The summed E-state index contributed by atoms with van der Waals surface area (Å²) in [6.07, 6.45) is 2.94. The number of likely N-dealkylation sites (tertiary alicyclic amines) is 1. The zero-order valence-corrected chi connectivity index (χ0v) is 15.6. The van der Waals surface area contributed by atoms with Crippen LogP contribution in [0.5, 0.6) is 0 Å². The van der Waals surface area contributed by atoms with E-state index >= 15 is 0 Å². The number of aliphatic hydroxyl groups excluding tert-OH is 1. The molecule has 0 aromatic rings. The number of carbonyl (C=O) groups is 1. The highest BCUT2D eigenvalue weighted by molar-refractivity contribution is 5.74. The minimum Gasteiger partial charge on any atom is -0.396 e. The fourth-order valence-corrected chi connectivity index (χ4v) is 3.81. The van der Waals surface area contributed by atoms with Gasteiger partial charge in [0.25, 0.3) is 0 Å². The molecule has 0 saturated carbocycles. The van der Waals surface area contributed by atoms with Gasteiger partial charge < -0.3 is 20.1 Å². The molecule has 0 aliphatic carbocycles. The second-order valence-electron chi connectivity index (χ2n) is 7.87. The summed E-state index contributed by atoms with van der Waals surface area (Å²) in [7, 11) is 0. The van der Waals surface area contributed by atoms with Crippen molar-refractivity contribution in [2.24, 2.45) is 11.3 Å². The second kappa shape index (κ2) is 9.02. The van der Waals surface area contributed by atoms with E-state index in [4.69, 9.17) is 4.74 Å². The first-order valence-electron chi connectivity index (χ1n) is 9.45. The molecule has 0 bridgehead atoms. The number of piperidine rings is 1. The predicted molar refractivity (Wildman–Crippen MR) is 95.0 cm³/mol. The Morgan fingerprint density at radius 3 is 2.88 bits per heavy atom. The molecule has 2 amide bonds. The minimum absolute atomic E-state index is 0.0226. The smallest absolute Gasteiger partial charge is 0.317 e. The van der Waals surface area contributed by atoms with Crippen molar-refractivity contribution in [3.05, 3.63) is 0 Å². The molecule has 140 valence electrons. The molecule has 0 aromatic heterocycles. The number of urea groups is 1. The maximum absolute atomic E-state index is 12.5. The van der Waals surface area contributed by atoms with Crippen molar-refractivity contribution >= 4 is 6.03 Å². The third-order valence-corrected chi connectivity index (χ3v) is 5.36. The minimum atomic E-state index is -0.120. The Morgan fingerprint density at radius 2 is 2.21 bits per heavy atom. The fraction of sp³-hybridized carbons (Fsp3) is 0.944. The number of nitrogens with zero attached hydrogens (tertiary/aromatic N) is 2. The van der Waals surface area contributed by atoms with Crippen molar-refractivity contribution in [1.82, 2.24) is 15.1 Å². The molecule has 2 saturated heterocycles. The molecule has 2 fully saturated rings. The molecule has 0 radical (unpaired) electrons. The normalized spacial score (nSPS) is 29.0. The predicted octanol–water partition coefficient (Wildman–Crippen LogP) is 1.54. The number of rotatable bonds is 6. The van der Waals surface area contributed by atoms with Crippen LogP contribution in [0.4, 0.5) is 4.79 Å². The number of amides is 2. The van der Waals surface area contributed by atoms with Crippen LogP contribution in [-0.4, -0.2) is 79.5 Å². The van der Waals surface area contributed by atoms with E-state index in [1.807, 2.05) is 4.90 Å². The number of hydrogen-bond donors (Lipinski definition) is 2. The Kier molecular flexibility index (Phi) is 7.32. The quantitative estimate of drug-likeness (QED) is 0.769. The molecular formula is C18H35N3O3. The monoisotopic (exact) mass is 341 g/mol. The highest BCUT2D eigenvalue weighted by Gasteiger charge is 2.35. The molecule has 0 spiro atoms. The third kappa shape index (κ3) is 5.33. The number of carbonyl (C=O) groups excluding carboxylic acids is 1. The van der Waals surface area contributed by atoms with E-state index in [2.05, 4.69) is 31.0 Å². The molecule has 2 unspecified atom stereocenters. The first-order valence-corrected chi connectivity index (χ1v) is 9.45. The topological polar surface area (TPSA) is 65.0 Å². The zero-order chi connectivity index (χ0) is 17.6. The Hall–Kier alpha value is -0.850. The van der Waals surface area contributed by atoms with Crippen molar-refractivity contribution in [3.8, 4) is 0 Å². The van der Waals surface area contributed by atoms with E-state index in [1.54, 1.807) is 0 Å². The summed E-state index contributed by atoms with van der Waals surface area (Å²) in [5.74, 6) is 0.646. The summed E-state index contributed by atoms with van der Waals surface area (Å²) in [5.41, 5.74) is -0.120. The number of ether oxygens (including phenoxy) is 1. The van der Waals surface area contributed by atoms with Gasteiger partial charge in [0.2, 0.25) is 0 Å². The largest absolute Gasteiger partial charge is 0.396 e. The first kappa shape index (κ1) is 19.5. The van der Waals surface area contributed by atoms with Gasteiger partial charge >= 0.3 is 6.03 Å². The molecule has 2 heterocycles. The molecule has 6 heteroatoms. The molecule has 24 heavy (non-hydrogen) atoms. The maximum Gasteiger partial charge on any atom is 0.317 e. The molecular weight excluding hydrogens is 306 g/mol. The third-order valence-electron chi connectivity index (χ3n) is 5.36. The van der Waals surface area contributed by atoms with Gasteiger partial charge in [0, 0.05) is 44.7 Å². The van der Waals surface area contributed by atoms with Crippen molar-refractivity contribution in [1.29, 1.82) is 0 Å². The number of aliphatic hydroxyl groups is 1. The standard InChI is InChI=1S/C18H35N3O3/c1-4-18(14-22)6-5-7-21(13-18)17(23)19-10-16-12-20(8-9-24-16)11-15(2)3/h15-16,22H,4-14H2,1-3H3,(H,19,23). The van der Waals surface area contributed by atoms with Crippen LogP contribution in [-0.2, 0) is 4.74 Å². The van der Waals surface area contributed by atoms with Crippen LogP contribution in [0.1, 0.15) is 40.0 Å². The number of morpholine rings is 1. The van der Waals surface area contributed by atoms with Crippen LogP contribution in [0.25, 0.3) is 0 Å². The van der Waals surface area contributed by atoms with E-state index in [9.17, 15) is 9.90 Å². The van der Waals surface area contributed by atoms with Crippen LogP contribution in [0.3, 0.4) is 0 Å². The average Bonchev–Trinajstić information content (AvgIpc) is 2.59. The molecule has 2 aliphatic heterocycles. The lowest BCUT2D eigenvalue weighted by Crippen LogP contribution is -2.53. The highest BCUT2D eigenvalue weighted by atomic mass is 16.5. The van der Waals surface area contributed by atoms with E-state index in [-0.39, 0.29) is 24.2 Å². The summed E-state index contributed by atoms with van der Waals surface area (Å²) in [4.78, 5) is 16.8. The van der Waals surface area contributed by atoms with Gasteiger partial charge in [-0.25, -0.2) is 4.79 Å². The van der Waals surface area contributed by atoms with Gasteiger partial charge in [-0.3, -0.25) is 4.90 Å². The highest BCUT2D eigenvalue weighted by Crippen LogP contribution is 2.32. The van der Waals surface area contributed by atoms with Gasteiger partial charge in [-0.1, -0.05) is 20.8 Å². The second-order valence-corrected chi connectivity index (χ2v) is 7.87. The lowest BCUT2D eigenvalue weighted by atomic mass is 9.78. The Balaban J connectivity index is 1.78. The van der Waals surface area contributed by atoms with Crippen LogP contribution >= 0.6 is 0 Å². The maximum atomic E-state index is 12.5. The Bertz CT molecular complexity index is 399. The van der Waals surface area contributed by atoms with Crippen LogP contribution in [0.2, 0.25) is 0 Å². The van der Waals surface area contributed by atoms with Crippen molar-refractivity contribution in [2.75, 3.05) is 52.5 Å². The Morgan fingerprint density at radius 1 is 1.42 bits per heavy atom. The van der Waals surface area contributed by atoms with E-state index in [0.717, 1.165) is 52.0 Å². The molecule has 2 atom stereocenters. The average molecular weight is 341 g/mol. The SMILES string of the molecule is CCC1(CO)CCCN(C(=O)NCC2CN(CC(C)C)CCO2)C1. The lowest BCUT2D eigenvalue weighted by molar-refractivity contribution is -0.0299. The molecule has 2 N–H and O–H groups in total. The van der Waals surface area contributed by atoms with Gasteiger partial charge in [0.05, 0.1) is 19.3 Å². The molecule has 2 rings (SSSR count). The first-order chi connectivity index (χ1) is 11.5. The van der Waals surface area contributed by atoms with Crippen molar-refractivity contribution < 1.29 is 14.6 Å². The summed E-state index contributed by atoms with van der Waals surface area (Å²) in [5, 5.41) is 12.7. The molecule has 2 aliphatic rings. The van der Waals surface area contributed by atoms with E-state index in [0.29, 0.717) is 19.0 Å². The van der Waals surface area contributed by atoms with Gasteiger partial charge in [-0.2, -0.15) is 0 Å². The van der Waals surface area contributed by atoms with E-state index < -0.39 is 0 Å². The summed E-state index contributed by atoms with van der Waals surface area (Å²) >= 11 is 0. The van der Waals surface area contributed by atoms with Gasteiger partial charge in [-0.05, 0) is 25.2 Å². The Labute approximate surface area is 146 Å². The fourth-order valence-electron chi connectivity index (χ4n) is 3.81. The molecule has 6 nitrogen and oxygen atoms in total. The molecule has 0 aromatic carbocycles. The van der Waals surface area contributed by atoms with Crippen LogP contribution in [0.15, 0.2) is 0 Å². The lowest BCUT2D eigenvalue weighted by Gasteiger charge is -2.41. The zero-order valence-electron chi connectivity index (χ0n) is 15.6. The van der Waals surface area contributed by atoms with Crippen molar-refractivity contribution in [3.63, 3.8) is 0 Å². The summed E-state index contributed by atoms with van der Waals surface area (Å²) in [6.45, 7) is 12.4. The van der Waals surface area contributed by atoms with Gasteiger partial charge in [-0.15, -0.1) is 0 Å². The van der Waals surface area contributed by atoms with E-state index in [1.165, 1.54) is 0 Å². The summed E-state index contributed by atoms with van der Waals surface area (Å²) < 4.78 is 5.80. The number of hydrogen-bond acceptors (Lipinski definition) is 4. The number of nitrogens with one attached hydrogen (secondary N) is 1. The van der Waals surface area contributed by atoms with Crippen LogP contribution < -0.4 is 5.32 Å². The van der Waals surface area contributed by atoms with Crippen LogP contribution in [0, 0.1) is 11.3 Å². The summed E-state index contributed by atoms with van der Waals surface area (Å²) in [6, 6.07) is -0.0226. The van der Waals surface area contributed by atoms with Gasteiger partial charge in [0.1, 0.15) is 0 Å². The van der Waals surface area contributed by atoms with Crippen molar-refractivity contribution in [2.45, 2.75) is 46.1 Å². The van der Waals surface area contributed by atoms with Gasteiger partial charge in [0.15, 0.2) is 0 Å².